The summed E-state index contributed by atoms with van der Waals surface area (Å²) in [5.74, 6) is 2.15. The molecule has 0 radical (unpaired) electrons. The maximum absolute atomic E-state index is 5.25. The fourth-order valence-corrected chi connectivity index (χ4v) is 3.52. The van der Waals surface area contributed by atoms with Gasteiger partial charge in [0.05, 0.1) is 0 Å². The molecule has 0 unspecified atom stereocenters. The molecule has 2 nitrogen and oxygen atoms in total. The van der Waals surface area contributed by atoms with Gasteiger partial charge in [-0.05, 0) is 29.2 Å². The van der Waals surface area contributed by atoms with E-state index < -0.39 is 0 Å². The largest absolute Gasteiger partial charge is 0.362 e. The van der Waals surface area contributed by atoms with Crippen molar-refractivity contribution >= 4 is 40.4 Å². The van der Waals surface area contributed by atoms with Crippen LogP contribution in [0.1, 0.15) is 10.4 Å². The minimum absolute atomic E-state index is 0.727. The molecule has 0 aliphatic carbocycles. The number of thioether (sulfide) groups is 1. The van der Waals surface area contributed by atoms with Gasteiger partial charge in [0, 0.05) is 29.5 Å². The summed E-state index contributed by atoms with van der Waals surface area (Å²) in [5, 5.41) is 9.30. The first-order chi connectivity index (χ1) is 9.84. The monoisotopic (exact) mass is 322 g/mol. The van der Waals surface area contributed by atoms with E-state index in [4.69, 9.17) is 12.2 Å². The molecule has 0 aliphatic heterocycles. The molecule has 0 bridgehead atoms. The summed E-state index contributed by atoms with van der Waals surface area (Å²) in [6.45, 7) is 1.67. The summed E-state index contributed by atoms with van der Waals surface area (Å²) >= 11 is 8.99. The van der Waals surface area contributed by atoms with Gasteiger partial charge in [0.1, 0.15) is 0 Å². The number of benzene rings is 1. The first kappa shape index (κ1) is 15.4. The van der Waals surface area contributed by atoms with Gasteiger partial charge in [0.25, 0.3) is 0 Å². The molecule has 1 aromatic heterocycles. The Kier molecular flexibility index (Phi) is 6.91. The van der Waals surface area contributed by atoms with Crippen LogP contribution in [0.3, 0.4) is 0 Å². The van der Waals surface area contributed by atoms with Crippen molar-refractivity contribution in [1.82, 2.24) is 10.6 Å². The van der Waals surface area contributed by atoms with Crippen molar-refractivity contribution in [1.29, 1.82) is 0 Å². The zero-order valence-electron chi connectivity index (χ0n) is 11.2. The van der Waals surface area contributed by atoms with E-state index in [1.807, 2.05) is 41.3 Å². The maximum atomic E-state index is 5.25. The van der Waals surface area contributed by atoms with Crippen molar-refractivity contribution in [3.8, 4) is 0 Å². The van der Waals surface area contributed by atoms with Crippen LogP contribution in [0.4, 0.5) is 0 Å². The van der Waals surface area contributed by atoms with Crippen molar-refractivity contribution in [3.05, 3.63) is 58.3 Å². The number of hydrogen-bond acceptors (Lipinski definition) is 3. The third-order valence-corrected chi connectivity index (χ3v) is 5.01. The minimum atomic E-state index is 0.727. The SMILES string of the molecule is S=C(NCCSCc1cccs1)NCc1ccccc1. The molecule has 2 N–H and O–H groups in total. The van der Waals surface area contributed by atoms with E-state index in [9.17, 15) is 0 Å². The van der Waals surface area contributed by atoms with Gasteiger partial charge in [0.15, 0.2) is 5.11 Å². The van der Waals surface area contributed by atoms with Crippen LogP contribution in [0.15, 0.2) is 47.8 Å². The summed E-state index contributed by atoms with van der Waals surface area (Å²) in [5.41, 5.74) is 1.24. The molecule has 1 heterocycles. The first-order valence-electron chi connectivity index (χ1n) is 6.50. The Labute approximate surface area is 134 Å². The van der Waals surface area contributed by atoms with Gasteiger partial charge in [0.2, 0.25) is 0 Å². The lowest BCUT2D eigenvalue weighted by Gasteiger charge is -2.10. The van der Waals surface area contributed by atoms with E-state index in [0.717, 1.165) is 29.7 Å². The van der Waals surface area contributed by atoms with Gasteiger partial charge < -0.3 is 10.6 Å². The zero-order chi connectivity index (χ0) is 14.0. The van der Waals surface area contributed by atoms with E-state index in [-0.39, 0.29) is 0 Å². The van der Waals surface area contributed by atoms with E-state index >= 15 is 0 Å². The molecule has 0 amide bonds. The van der Waals surface area contributed by atoms with Crippen LogP contribution in [0.5, 0.6) is 0 Å². The molecule has 0 saturated carbocycles. The molecule has 106 valence electrons. The van der Waals surface area contributed by atoms with Crippen molar-refractivity contribution in [2.24, 2.45) is 0 Å². The van der Waals surface area contributed by atoms with Crippen LogP contribution >= 0.6 is 35.3 Å². The van der Waals surface area contributed by atoms with Gasteiger partial charge in [-0.15, -0.1) is 11.3 Å². The van der Waals surface area contributed by atoms with Gasteiger partial charge in [-0.1, -0.05) is 36.4 Å². The predicted molar refractivity (Wildman–Crippen MR) is 94.4 cm³/mol. The molecule has 0 aliphatic rings. The number of rotatable bonds is 7. The second-order valence-corrected chi connectivity index (χ2v) is 6.77. The highest BCUT2D eigenvalue weighted by atomic mass is 32.2. The van der Waals surface area contributed by atoms with Gasteiger partial charge in [-0.3, -0.25) is 0 Å². The lowest BCUT2D eigenvalue weighted by atomic mass is 10.2. The van der Waals surface area contributed by atoms with Crippen molar-refractivity contribution in [3.63, 3.8) is 0 Å². The fourth-order valence-electron chi connectivity index (χ4n) is 1.64. The van der Waals surface area contributed by atoms with Crippen molar-refractivity contribution in [2.75, 3.05) is 12.3 Å². The van der Waals surface area contributed by atoms with E-state index in [0.29, 0.717) is 0 Å². The average molecular weight is 323 g/mol. The Morgan fingerprint density at radius 3 is 2.70 bits per heavy atom. The number of nitrogens with one attached hydrogen (secondary N) is 2. The molecular weight excluding hydrogens is 304 g/mol. The number of hydrogen-bond donors (Lipinski definition) is 2. The molecule has 0 fully saturated rings. The molecule has 0 spiro atoms. The summed E-state index contributed by atoms with van der Waals surface area (Å²) in [6, 6.07) is 14.5. The maximum Gasteiger partial charge on any atom is 0.166 e. The smallest absolute Gasteiger partial charge is 0.166 e. The molecular formula is C15H18N2S3. The van der Waals surface area contributed by atoms with Crippen LogP contribution in [0.2, 0.25) is 0 Å². The number of thiophene rings is 1. The van der Waals surface area contributed by atoms with Gasteiger partial charge in [-0.25, -0.2) is 0 Å². The molecule has 1 aromatic carbocycles. The average Bonchev–Trinajstić information content (AvgIpc) is 2.99. The van der Waals surface area contributed by atoms with Crippen LogP contribution in [-0.2, 0) is 12.3 Å². The quantitative estimate of drug-likeness (QED) is 0.600. The van der Waals surface area contributed by atoms with Crippen LogP contribution < -0.4 is 10.6 Å². The predicted octanol–water partition coefficient (Wildman–Crippen LogP) is 3.65. The van der Waals surface area contributed by atoms with Crippen LogP contribution in [0.25, 0.3) is 0 Å². The zero-order valence-corrected chi connectivity index (χ0v) is 13.6. The highest BCUT2D eigenvalue weighted by Crippen LogP contribution is 2.16. The van der Waals surface area contributed by atoms with Crippen LogP contribution in [-0.4, -0.2) is 17.4 Å². The Balaban J connectivity index is 1.52. The highest BCUT2D eigenvalue weighted by molar-refractivity contribution is 7.98. The van der Waals surface area contributed by atoms with Crippen molar-refractivity contribution in [2.45, 2.75) is 12.3 Å². The third-order valence-electron chi connectivity index (χ3n) is 2.65. The second kappa shape index (κ2) is 9.00. The second-order valence-electron chi connectivity index (χ2n) is 4.23. The Morgan fingerprint density at radius 1 is 1.10 bits per heavy atom. The molecule has 20 heavy (non-hydrogen) atoms. The standard InChI is InChI=1S/C15H18N2S3/c18-15(17-11-13-5-2-1-3-6-13)16-8-10-19-12-14-7-4-9-20-14/h1-7,9H,8,10-12H2,(H2,16,17,18). The lowest BCUT2D eigenvalue weighted by molar-refractivity contribution is 0.858. The summed E-state index contributed by atoms with van der Waals surface area (Å²) in [7, 11) is 0. The highest BCUT2D eigenvalue weighted by Gasteiger charge is 1.97. The summed E-state index contributed by atoms with van der Waals surface area (Å²) < 4.78 is 0. The Bertz CT molecular complexity index is 497. The fraction of sp³-hybridized carbons (Fsp3) is 0.267. The topological polar surface area (TPSA) is 24.1 Å². The van der Waals surface area contributed by atoms with E-state index in [1.165, 1.54) is 10.4 Å². The number of thiocarbonyl (C=S) groups is 1. The first-order valence-corrected chi connectivity index (χ1v) is 8.94. The normalized spacial score (nSPS) is 10.2. The summed E-state index contributed by atoms with van der Waals surface area (Å²) in [6.07, 6.45) is 0. The molecule has 5 heteroatoms. The van der Waals surface area contributed by atoms with Gasteiger partial charge in [-0.2, -0.15) is 11.8 Å². The lowest BCUT2D eigenvalue weighted by Crippen LogP contribution is -2.35. The van der Waals surface area contributed by atoms with Gasteiger partial charge >= 0.3 is 0 Å². The minimum Gasteiger partial charge on any atom is -0.362 e. The van der Waals surface area contributed by atoms with Crippen molar-refractivity contribution < 1.29 is 0 Å². The molecule has 0 saturated heterocycles. The molecule has 2 rings (SSSR count). The Hall–Kier alpha value is -1.04. The third kappa shape index (κ3) is 5.94. The molecule has 2 aromatic rings. The summed E-state index contributed by atoms with van der Waals surface area (Å²) in [4.78, 5) is 1.43. The molecule has 0 atom stereocenters. The Morgan fingerprint density at radius 2 is 1.95 bits per heavy atom. The van der Waals surface area contributed by atoms with E-state index in [1.54, 1.807) is 0 Å². The van der Waals surface area contributed by atoms with Crippen LogP contribution in [0, 0.1) is 0 Å². The van der Waals surface area contributed by atoms with E-state index in [2.05, 4.69) is 40.3 Å².